The van der Waals surface area contributed by atoms with Gasteiger partial charge >= 0.3 is 0 Å². The van der Waals surface area contributed by atoms with Gasteiger partial charge in [0, 0.05) is 20.7 Å². The van der Waals surface area contributed by atoms with E-state index in [9.17, 15) is 0 Å². The lowest BCUT2D eigenvalue weighted by molar-refractivity contribution is 1.41. The van der Waals surface area contributed by atoms with Gasteiger partial charge in [-0.3, -0.25) is 0 Å². The minimum absolute atomic E-state index is 0.314. The Morgan fingerprint density at radius 2 is 2.00 bits per heavy atom. The first-order chi connectivity index (χ1) is 8.99. The quantitative estimate of drug-likeness (QED) is 0.778. The molecule has 0 bridgehead atoms. The molecule has 0 saturated heterocycles. The van der Waals surface area contributed by atoms with Gasteiger partial charge in [0.15, 0.2) is 0 Å². The topological polar surface area (TPSA) is 38.0 Å². The van der Waals surface area contributed by atoms with E-state index in [2.05, 4.69) is 21.2 Å². The lowest BCUT2D eigenvalue weighted by atomic mass is 10.1. The second-order valence-electron chi connectivity index (χ2n) is 4.12. The van der Waals surface area contributed by atoms with Gasteiger partial charge < -0.3 is 11.1 Å². The molecule has 0 spiro atoms. The van der Waals surface area contributed by atoms with Crippen molar-refractivity contribution in [2.24, 2.45) is 5.73 Å². The summed E-state index contributed by atoms with van der Waals surface area (Å²) in [6, 6.07) is 11.4. The Balaban J connectivity index is 2.44. The number of hydrogen-bond acceptors (Lipinski definition) is 2. The van der Waals surface area contributed by atoms with Gasteiger partial charge in [-0.15, -0.1) is 0 Å². The maximum atomic E-state index is 5.97. The van der Waals surface area contributed by atoms with Gasteiger partial charge in [0.05, 0.1) is 5.69 Å². The Morgan fingerprint density at radius 1 is 1.26 bits per heavy atom. The van der Waals surface area contributed by atoms with E-state index in [-0.39, 0.29) is 0 Å². The maximum Gasteiger partial charge on any atom is 0.106 e. The van der Waals surface area contributed by atoms with Gasteiger partial charge in [-0.1, -0.05) is 36.0 Å². The number of thiocarbonyl (C=S) groups is 1. The highest BCUT2D eigenvalue weighted by Crippen LogP contribution is 2.30. The zero-order valence-electron chi connectivity index (χ0n) is 10.2. The van der Waals surface area contributed by atoms with Crippen molar-refractivity contribution in [1.29, 1.82) is 0 Å². The summed E-state index contributed by atoms with van der Waals surface area (Å²) < 4.78 is 1.01. The molecule has 0 aliphatic carbocycles. The molecule has 2 aromatic carbocycles. The number of anilines is 2. The van der Waals surface area contributed by atoms with Crippen LogP contribution in [0.5, 0.6) is 0 Å². The van der Waals surface area contributed by atoms with Crippen LogP contribution in [0.3, 0.4) is 0 Å². The van der Waals surface area contributed by atoms with Gasteiger partial charge in [-0.25, -0.2) is 0 Å². The summed E-state index contributed by atoms with van der Waals surface area (Å²) in [4.78, 5) is 0.314. The Bertz CT molecular complexity index is 643. The fourth-order valence-electron chi connectivity index (χ4n) is 1.72. The van der Waals surface area contributed by atoms with E-state index < -0.39 is 0 Å². The van der Waals surface area contributed by atoms with Crippen molar-refractivity contribution < 1.29 is 0 Å². The molecule has 2 nitrogen and oxygen atoms in total. The van der Waals surface area contributed by atoms with Crippen LogP contribution < -0.4 is 11.1 Å². The number of rotatable bonds is 3. The maximum absolute atomic E-state index is 5.97. The van der Waals surface area contributed by atoms with Crippen LogP contribution in [0.1, 0.15) is 11.1 Å². The first-order valence-corrected chi connectivity index (χ1v) is 7.18. The van der Waals surface area contributed by atoms with Crippen LogP contribution in [0.4, 0.5) is 11.4 Å². The predicted octanol–water partition coefficient (Wildman–Crippen LogP) is 4.79. The lowest BCUT2D eigenvalue weighted by Gasteiger charge is -2.14. The summed E-state index contributed by atoms with van der Waals surface area (Å²) in [7, 11) is 0. The first-order valence-electron chi connectivity index (χ1n) is 5.60. The minimum Gasteiger partial charge on any atom is -0.389 e. The summed E-state index contributed by atoms with van der Waals surface area (Å²) in [5.41, 5.74) is 9.40. The summed E-state index contributed by atoms with van der Waals surface area (Å²) >= 11 is 14.6. The molecule has 0 aliphatic rings. The van der Waals surface area contributed by atoms with Crippen molar-refractivity contribution in [2.75, 3.05) is 5.32 Å². The van der Waals surface area contributed by atoms with E-state index in [0.717, 1.165) is 27.0 Å². The first kappa shape index (κ1) is 14.3. The molecule has 0 heterocycles. The van der Waals surface area contributed by atoms with Gasteiger partial charge in [-0.05, 0) is 52.7 Å². The molecule has 0 atom stereocenters. The SMILES string of the molecule is Cc1cccc(Nc2ccc(Cl)cc2C(N)=S)c1Br. The largest absolute Gasteiger partial charge is 0.389 e. The van der Waals surface area contributed by atoms with Crippen molar-refractivity contribution in [3.8, 4) is 0 Å². The van der Waals surface area contributed by atoms with Gasteiger partial charge in [0.2, 0.25) is 0 Å². The number of aryl methyl sites for hydroxylation is 1. The number of hydrogen-bond donors (Lipinski definition) is 2. The molecule has 3 N–H and O–H groups in total. The van der Waals surface area contributed by atoms with E-state index in [1.165, 1.54) is 0 Å². The highest BCUT2D eigenvalue weighted by molar-refractivity contribution is 9.10. The highest BCUT2D eigenvalue weighted by atomic mass is 79.9. The normalized spacial score (nSPS) is 10.3. The molecule has 19 heavy (non-hydrogen) atoms. The second kappa shape index (κ2) is 5.90. The molecule has 0 radical (unpaired) electrons. The molecule has 0 fully saturated rings. The predicted molar refractivity (Wildman–Crippen MR) is 89.5 cm³/mol. The number of nitrogens with two attached hydrogens (primary N) is 1. The van der Waals surface area contributed by atoms with E-state index >= 15 is 0 Å². The molecule has 98 valence electrons. The summed E-state index contributed by atoms with van der Waals surface area (Å²) in [6.45, 7) is 2.03. The standard InChI is InChI=1S/C14H12BrClN2S/c1-8-3-2-4-12(13(8)15)18-11-6-5-9(16)7-10(11)14(17)19/h2-7,18H,1H3,(H2,17,19). The fraction of sp³-hybridized carbons (Fsp3) is 0.0714. The molecule has 5 heteroatoms. The van der Waals surface area contributed by atoms with Gasteiger partial charge in [0.1, 0.15) is 4.99 Å². The summed E-state index contributed by atoms with van der Waals surface area (Å²) in [6.07, 6.45) is 0. The van der Waals surface area contributed by atoms with E-state index in [0.29, 0.717) is 10.0 Å². The van der Waals surface area contributed by atoms with E-state index in [4.69, 9.17) is 29.6 Å². The summed E-state index contributed by atoms with van der Waals surface area (Å²) in [5.74, 6) is 0. The zero-order valence-corrected chi connectivity index (χ0v) is 13.4. The van der Waals surface area contributed by atoms with E-state index in [1.54, 1.807) is 12.1 Å². The van der Waals surface area contributed by atoms with Crippen molar-refractivity contribution >= 4 is 56.1 Å². The second-order valence-corrected chi connectivity index (χ2v) is 5.78. The number of nitrogens with one attached hydrogen (secondary N) is 1. The average molecular weight is 356 g/mol. The van der Waals surface area contributed by atoms with Gasteiger partial charge in [0.25, 0.3) is 0 Å². The van der Waals surface area contributed by atoms with Crippen LogP contribution in [0, 0.1) is 6.92 Å². The third-order valence-corrected chi connectivity index (χ3v) is 4.22. The lowest BCUT2D eigenvalue weighted by Crippen LogP contribution is -2.12. The van der Waals surface area contributed by atoms with Crippen LogP contribution in [-0.2, 0) is 0 Å². The molecule has 0 aromatic heterocycles. The fourth-order valence-corrected chi connectivity index (χ4v) is 2.42. The number of benzene rings is 2. The van der Waals surface area contributed by atoms with E-state index in [1.807, 2.05) is 31.2 Å². The molecular formula is C14H12BrClN2S. The zero-order chi connectivity index (χ0) is 14.0. The van der Waals surface area contributed by atoms with Crippen molar-refractivity contribution in [3.63, 3.8) is 0 Å². The van der Waals surface area contributed by atoms with Gasteiger partial charge in [-0.2, -0.15) is 0 Å². The molecule has 0 unspecified atom stereocenters. The smallest absolute Gasteiger partial charge is 0.106 e. The Hall–Kier alpha value is -1.10. The van der Waals surface area contributed by atoms with Crippen LogP contribution >= 0.6 is 39.7 Å². The molecule has 0 saturated carbocycles. The average Bonchev–Trinajstić information content (AvgIpc) is 2.36. The highest BCUT2D eigenvalue weighted by Gasteiger charge is 2.09. The molecule has 2 rings (SSSR count). The van der Waals surface area contributed by atoms with Crippen LogP contribution in [0.25, 0.3) is 0 Å². The Labute approximate surface area is 131 Å². The van der Waals surface area contributed by atoms with Crippen molar-refractivity contribution in [1.82, 2.24) is 0 Å². The van der Waals surface area contributed by atoms with Crippen molar-refractivity contribution in [3.05, 3.63) is 57.0 Å². The minimum atomic E-state index is 0.314. The Morgan fingerprint density at radius 3 is 2.68 bits per heavy atom. The molecular weight excluding hydrogens is 344 g/mol. The molecule has 2 aromatic rings. The number of halogens is 2. The Kier molecular flexibility index (Phi) is 4.45. The van der Waals surface area contributed by atoms with Crippen LogP contribution in [0.15, 0.2) is 40.9 Å². The third-order valence-electron chi connectivity index (χ3n) is 2.71. The van der Waals surface area contributed by atoms with Crippen LogP contribution in [0.2, 0.25) is 5.02 Å². The third kappa shape index (κ3) is 3.26. The van der Waals surface area contributed by atoms with Crippen LogP contribution in [-0.4, -0.2) is 4.99 Å². The summed E-state index contributed by atoms with van der Waals surface area (Å²) in [5, 5.41) is 3.93. The van der Waals surface area contributed by atoms with Crippen molar-refractivity contribution in [2.45, 2.75) is 6.92 Å². The molecule has 0 amide bonds. The monoisotopic (exact) mass is 354 g/mol. The molecule has 0 aliphatic heterocycles.